The number of ether oxygens (including phenoxy) is 1. The summed E-state index contributed by atoms with van der Waals surface area (Å²) in [5.41, 5.74) is 2.41. The Morgan fingerprint density at radius 2 is 2.03 bits per heavy atom. The fourth-order valence-corrected chi connectivity index (χ4v) is 6.00. The number of methoxy groups -OCH3 is 1. The summed E-state index contributed by atoms with van der Waals surface area (Å²) in [6.45, 7) is 7.38. The number of phenols is 1. The monoisotopic (exact) mass is 524 g/mol. The molecule has 0 unspecified atom stereocenters. The van der Waals surface area contributed by atoms with Crippen LogP contribution < -0.4 is 0 Å². The Hall–Kier alpha value is -3.07. The minimum Gasteiger partial charge on any atom is -0.508 e. The molecule has 5 rings (SSSR count). The van der Waals surface area contributed by atoms with E-state index < -0.39 is 11.6 Å². The van der Waals surface area contributed by atoms with Crippen molar-refractivity contribution in [2.24, 2.45) is 0 Å². The van der Waals surface area contributed by atoms with Gasteiger partial charge in [0.1, 0.15) is 17.3 Å². The summed E-state index contributed by atoms with van der Waals surface area (Å²) in [6, 6.07) is 11.7. The number of nitrogens with one attached hydrogen (secondary N) is 1. The lowest BCUT2D eigenvalue weighted by atomic mass is 9.81. The quantitative estimate of drug-likeness (QED) is 0.401. The first-order chi connectivity index (χ1) is 17.8. The van der Waals surface area contributed by atoms with Gasteiger partial charge in [-0.3, -0.25) is 14.6 Å². The van der Waals surface area contributed by atoms with Gasteiger partial charge in [0.15, 0.2) is 0 Å². The second-order valence-corrected chi connectivity index (χ2v) is 10.5. The van der Waals surface area contributed by atoms with E-state index in [0.29, 0.717) is 31.0 Å². The summed E-state index contributed by atoms with van der Waals surface area (Å²) < 4.78 is 5.19. The lowest BCUT2D eigenvalue weighted by Crippen LogP contribution is -2.53. The number of likely N-dealkylation sites (N-methyl/N-ethyl adjacent to an activating group) is 1. The summed E-state index contributed by atoms with van der Waals surface area (Å²) in [7, 11) is 1.68. The molecule has 0 bridgehead atoms. The molecule has 0 aliphatic carbocycles. The third-order valence-electron chi connectivity index (χ3n) is 7.73. The zero-order chi connectivity index (χ0) is 26.3. The molecule has 2 atom stereocenters. The molecule has 1 fully saturated rings. The molecule has 2 aliphatic rings. The number of carbonyl (C=O) groups excluding carboxylic acids is 2. The zero-order valence-corrected chi connectivity index (χ0v) is 22.2. The third kappa shape index (κ3) is 4.37. The summed E-state index contributed by atoms with van der Waals surface area (Å²) in [5, 5.41) is 11.8. The number of carbonyl (C=O) groups is 2. The molecule has 1 saturated heterocycles. The molecule has 3 amide bonds. The Bertz CT molecular complexity index is 1340. The lowest BCUT2D eigenvalue weighted by Gasteiger charge is -2.42. The van der Waals surface area contributed by atoms with Gasteiger partial charge in [0.2, 0.25) is 0 Å². The second kappa shape index (κ2) is 10.0. The van der Waals surface area contributed by atoms with E-state index in [4.69, 9.17) is 16.3 Å². The molecule has 196 valence electrons. The van der Waals surface area contributed by atoms with Crippen LogP contribution >= 0.6 is 11.6 Å². The number of imide groups is 1. The highest BCUT2D eigenvalue weighted by atomic mass is 35.5. The number of rotatable bonds is 9. The maximum absolute atomic E-state index is 13.9. The van der Waals surface area contributed by atoms with Crippen LogP contribution in [0.5, 0.6) is 5.75 Å². The Kier molecular flexibility index (Phi) is 6.91. The van der Waals surface area contributed by atoms with E-state index in [1.807, 2.05) is 31.2 Å². The molecular formula is C28H33ClN4O4. The Labute approximate surface area is 221 Å². The van der Waals surface area contributed by atoms with Crippen LogP contribution in [0.4, 0.5) is 4.79 Å². The normalized spacial score (nSPS) is 21.3. The Balaban J connectivity index is 1.52. The number of aromatic amines is 1. The molecule has 1 aromatic heterocycles. The van der Waals surface area contributed by atoms with Gasteiger partial charge in [0.25, 0.3) is 5.91 Å². The second-order valence-electron chi connectivity index (χ2n) is 10.0. The van der Waals surface area contributed by atoms with Crippen LogP contribution in [0.1, 0.15) is 43.1 Å². The van der Waals surface area contributed by atoms with E-state index in [1.54, 1.807) is 30.2 Å². The summed E-state index contributed by atoms with van der Waals surface area (Å²) >= 11 is 6.34. The van der Waals surface area contributed by atoms with Gasteiger partial charge < -0.3 is 19.7 Å². The molecule has 3 aromatic rings. The molecule has 0 saturated carbocycles. The standard InChI is InChI=1S/C28H33ClN4O4/c1-4-31(13-14-37-3)11-6-12-32-26(35)28(2)17-22-21-16-19(29)9-10-23(21)30-24(22)25(33(28)27(32)36)18-7-5-8-20(34)15-18/h5,7-10,15-16,25,30,34H,4,6,11-14,17H2,1-3H3/t25-,28+/m1/s1. The maximum Gasteiger partial charge on any atom is 0.328 e. The Morgan fingerprint density at radius 1 is 1.22 bits per heavy atom. The summed E-state index contributed by atoms with van der Waals surface area (Å²) in [4.78, 5) is 36.7. The number of amides is 3. The topological polar surface area (TPSA) is 89.1 Å². The summed E-state index contributed by atoms with van der Waals surface area (Å²) in [6.07, 6.45) is 1.06. The van der Waals surface area contributed by atoms with Crippen molar-refractivity contribution in [1.82, 2.24) is 19.7 Å². The molecule has 2 N–H and O–H groups in total. The largest absolute Gasteiger partial charge is 0.508 e. The molecule has 9 heteroatoms. The van der Waals surface area contributed by atoms with Crippen molar-refractivity contribution >= 4 is 34.4 Å². The average Bonchev–Trinajstić information content (AvgIpc) is 3.31. The fraction of sp³-hybridized carbons (Fsp3) is 0.429. The van der Waals surface area contributed by atoms with E-state index in [-0.39, 0.29) is 17.7 Å². The number of phenolic OH excluding ortho intramolecular Hbond substituents is 1. The van der Waals surface area contributed by atoms with Gasteiger partial charge in [-0.25, -0.2) is 4.79 Å². The van der Waals surface area contributed by atoms with E-state index in [0.717, 1.165) is 47.4 Å². The van der Waals surface area contributed by atoms with Crippen molar-refractivity contribution in [3.05, 3.63) is 64.3 Å². The number of benzene rings is 2. The number of aromatic nitrogens is 1. The van der Waals surface area contributed by atoms with E-state index in [1.165, 1.54) is 4.90 Å². The molecule has 8 nitrogen and oxygen atoms in total. The fourth-order valence-electron chi connectivity index (χ4n) is 5.82. The zero-order valence-electron chi connectivity index (χ0n) is 21.5. The number of hydrogen-bond donors (Lipinski definition) is 2. The third-order valence-corrected chi connectivity index (χ3v) is 7.96. The highest BCUT2D eigenvalue weighted by molar-refractivity contribution is 6.31. The molecule has 2 aromatic carbocycles. The van der Waals surface area contributed by atoms with Crippen LogP contribution in [-0.2, 0) is 16.0 Å². The van der Waals surface area contributed by atoms with Gasteiger partial charge in [-0.05, 0) is 67.9 Å². The number of H-pyrrole nitrogens is 1. The number of urea groups is 1. The minimum atomic E-state index is -1.06. The van der Waals surface area contributed by atoms with Crippen molar-refractivity contribution in [3.8, 4) is 5.75 Å². The van der Waals surface area contributed by atoms with Crippen molar-refractivity contribution in [3.63, 3.8) is 0 Å². The van der Waals surface area contributed by atoms with Gasteiger partial charge in [-0.15, -0.1) is 0 Å². The number of aromatic hydroxyl groups is 1. The van der Waals surface area contributed by atoms with E-state index in [2.05, 4.69) is 16.8 Å². The highest BCUT2D eigenvalue weighted by Gasteiger charge is 2.60. The first-order valence-corrected chi connectivity index (χ1v) is 13.1. The van der Waals surface area contributed by atoms with Crippen LogP contribution in [0.25, 0.3) is 10.9 Å². The van der Waals surface area contributed by atoms with Gasteiger partial charge in [0, 0.05) is 48.2 Å². The van der Waals surface area contributed by atoms with Crippen molar-refractivity contribution in [2.45, 2.75) is 38.3 Å². The first kappa shape index (κ1) is 25.6. The van der Waals surface area contributed by atoms with Crippen LogP contribution in [0.2, 0.25) is 5.02 Å². The molecular weight excluding hydrogens is 492 g/mol. The Morgan fingerprint density at radius 3 is 2.76 bits per heavy atom. The number of halogens is 1. The first-order valence-electron chi connectivity index (χ1n) is 12.7. The highest BCUT2D eigenvalue weighted by Crippen LogP contribution is 2.49. The van der Waals surface area contributed by atoms with Gasteiger partial charge >= 0.3 is 6.03 Å². The predicted molar refractivity (Wildman–Crippen MR) is 143 cm³/mol. The predicted octanol–water partition coefficient (Wildman–Crippen LogP) is 4.55. The maximum atomic E-state index is 13.9. The van der Waals surface area contributed by atoms with E-state index >= 15 is 0 Å². The van der Waals surface area contributed by atoms with Crippen LogP contribution in [0, 0.1) is 0 Å². The van der Waals surface area contributed by atoms with Crippen LogP contribution in [0.3, 0.4) is 0 Å². The van der Waals surface area contributed by atoms with Crippen LogP contribution in [0.15, 0.2) is 42.5 Å². The molecule has 37 heavy (non-hydrogen) atoms. The van der Waals surface area contributed by atoms with Crippen molar-refractivity contribution in [1.29, 1.82) is 0 Å². The number of hydrogen-bond acceptors (Lipinski definition) is 5. The van der Waals surface area contributed by atoms with E-state index in [9.17, 15) is 14.7 Å². The van der Waals surface area contributed by atoms with Gasteiger partial charge in [0.05, 0.1) is 6.61 Å². The average molecular weight is 525 g/mol. The number of nitrogens with zero attached hydrogens (tertiary/aromatic N) is 3. The summed E-state index contributed by atoms with van der Waals surface area (Å²) in [5.74, 6) is -0.0827. The SMILES string of the molecule is CCN(CCCN1C(=O)N2[C@H](c3cccc(O)c3)c3[nH]c4ccc(Cl)cc4c3C[C@@]2(C)C1=O)CCOC. The van der Waals surface area contributed by atoms with Gasteiger partial charge in [-0.2, -0.15) is 0 Å². The molecule has 2 aliphatic heterocycles. The minimum absolute atomic E-state index is 0.107. The van der Waals surface area contributed by atoms with Crippen molar-refractivity contribution < 1.29 is 19.4 Å². The smallest absolute Gasteiger partial charge is 0.328 e. The van der Waals surface area contributed by atoms with Crippen molar-refractivity contribution in [2.75, 3.05) is 39.9 Å². The molecule has 3 heterocycles. The molecule has 0 spiro atoms. The lowest BCUT2D eigenvalue weighted by molar-refractivity contribution is -0.133. The van der Waals surface area contributed by atoms with Crippen LogP contribution in [-0.4, -0.2) is 82.2 Å². The molecule has 0 radical (unpaired) electrons. The number of fused-ring (bicyclic) bond motifs is 4. The van der Waals surface area contributed by atoms with Gasteiger partial charge in [-0.1, -0.05) is 30.7 Å².